The van der Waals surface area contributed by atoms with Crippen LogP contribution in [0, 0.1) is 0 Å². The van der Waals surface area contributed by atoms with Crippen molar-refractivity contribution in [3.8, 4) is 0 Å². The Kier molecular flexibility index (Phi) is 6.42. The van der Waals surface area contributed by atoms with Crippen LogP contribution in [0.4, 0.5) is 5.69 Å². The summed E-state index contributed by atoms with van der Waals surface area (Å²) in [7, 11) is -3.73. The summed E-state index contributed by atoms with van der Waals surface area (Å²) in [5, 5.41) is 5.46. The lowest BCUT2D eigenvalue weighted by Crippen LogP contribution is -2.34. The topological polar surface area (TPSA) is 99.7 Å². The minimum Gasteiger partial charge on any atom is -0.332 e. The second-order valence-corrected chi connectivity index (χ2v) is 8.99. The number of benzene rings is 2. The first-order chi connectivity index (χ1) is 13.3. The molecule has 3 N–H and O–H groups in total. The van der Waals surface area contributed by atoms with Crippen molar-refractivity contribution in [1.29, 1.82) is 0 Å². The Morgan fingerprint density at radius 2 is 1.89 bits per heavy atom. The fourth-order valence-corrected chi connectivity index (χ4v) is 4.13. The van der Waals surface area contributed by atoms with Gasteiger partial charge in [-0.2, -0.15) is 0 Å². The van der Waals surface area contributed by atoms with Crippen LogP contribution in [-0.2, 0) is 10.0 Å². The highest BCUT2D eigenvalue weighted by Gasteiger charge is 2.18. The third-order valence-corrected chi connectivity index (χ3v) is 5.97. The smallest absolute Gasteiger partial charge is 0.262 e. The van der Waals surface area contributed by atoms with Gasteiger partial charge in [-0.15, -0.1) is 0 Å². The number of halogens is 1. The molecule has 0 saturated heterocycles. The van der Waals surface area contributed by atoms with Gasteiger partial charge >= 0.3 is 0 Å². The van der Waals surface area contributed by atoms with Gasteiger partial charge in [-0.3, -0.25) is 19.8 Å². The fraction of sp³-hybridized carbons (Fsp3) is 0.167. The van der Waals surface area contributed by atoms with Crippen molar-refractivity contribution in [2.75, 3.05) is 11.9 Å². The van der Waals surface area contributed by atoms with E-state index in [1.54, 1.807) is 36.4 Å². The van der Waals surface area contributed by atoms with E-state index in [-0.39, 0.29) is 15.9 Å². The van der Waals surface area contributed by atoms with Crippen LogP contribution < -0.4 is 15.4 Å². The van der Waals surface area contributed by atoms with Gasteiger partial charge in [0.15, 0.2) is 5.11 Å². The first-order valence-corrected chi connectivity index (χ1v) is 11.1. The summed E-state index contributed by atoms with van der Waals surface area (Å²) in [6, 6.07) is 13.0. The van der Waals surface area contributed by atoms with Crippen LogP contribution in [0.1, 0.15) is 23.2 Å². The number of hydrogen-bond donors (Lipinski definition) is 3. The highest BCUT2D eigenvalue weighted by atomic mass is 79.9. The van der Waals surface area contributed by atoms with Gasteiger partial charge in [0.1, 0.15) is 5.84 Å². The quantitative estimate of drug-likeness (QED) is 0.583. The van der Waals surface area contributed by atoms with Crippen LogP contribution in [0.15, 0.2) is 62.9 Å². The molecule has 0 radical (unpaired) electrons. The highest BCUT2D eigenvalue weighted by Crippen LogP contribution is 2.16. The van der Waals surface area contributed by atoms with Crippen LogP contribution in [-0.4, -0.2) is 31.8 Å². The second kappa shape index (κ2) is 8.80. The monoisotopic (exact) mass is 480 g/mol. The molecule has 146 valence electrons. The van der Waals surface area contributed by atoms with Gasteiger partial charge in [0.2, 0.25) is 0 Å². The van der Waals surface area contributed by atoms with E-state index in [9.17, 15) is 13.2 Å². The van der Waals surface area contributed by atoms with Crippen molar-refractivity contribution in [3.63, 3.8) is 0 Å². The van der Waals surface area contributed by atoms with Crippen LogP contribution in [0.3, 0.4) is 0 Å². The molecule has 0 aliphatic carbocycles. The van der Waals surface area contributed by atoms with Gasteiger partial charge < -0.3 is 5.32 Å². The van der Waals surface area contributed by atoms with Crippen molar-refractivity contribution >= 4 is 60.7 Å². The summed E-state index contributed by atoms with van der Waals surface area (Å²) in [6.07, 6.45) is 1.45. The molecule has 0 unspecified atom stereocenters. The van der Waals surface area contributed by atoms with Gasteiger partial charge in [0, 0.05) is 28.7 Å². The zero-order valence-electron chi connectivity index (χ0n) is 14.6. The zero-order valence-corrected chi connectivity index (χ0v) is 17.8. The molecule has 0 saturated carbocycles. The third-order valence-electron chi connectivity index (χ3n) is 3.86. The molecule has 0 bridgehead atoms. The molecular weight excluding hydrogens is 464 g/mol. The molecule has 0 spiro atoms. The van der Waals surface area contributed by atoms with Crippen molar-refractivity contribution in [3.05, 3.63) is 58.6 Å². The molecule has 1 heterocycles. The Morgan fingerprint density at radius 1 is 1.14 bits per heavy atom. The molecular formula is C18H17BrN4O3S2. The van der Waals surface area contributed by atoms with Gasteiger partial charge in [0.25, 0.3) is 15.9 Å². The molecule has 0 aromatic heterocycles. The van der Waals surface area contributed by atoms with Gasteiger partial charge in [-0.05, 0) is 61.1 Å². The van der Waals surface area contributed by atoms with Crippen LogP contribution in [0.25, 0.3) is 0 Å². The summed E-state index contributed by atoms with van der Waals surface area (Å²) in [4.78, 5) is 16.4. The maximum absolute atomic E-state index is 12.5. The number of anilines is 1. The lowest BCUT2D eigenvalue weighted by molar-refractivity contribution is 0.0977. The summed E-state index contributed by atoms with van der Waals surface area (Å²) < 4.78 is 28.3. The van der Waals surface area contributed by atoms with Crippen LogP contribution in [0.2, 0.25) is 0 Å². The molecule has 1 aliphatic rings. The normalized spacial score (nSPS) is 13.5. The van der Waals surface area contributed by atoms with E-state index in [0.717, 1.165) is 10.9 Å². The average molecular weight is 481 g/mol. The molecule has 1 aliphatic heterocycles. The number of sulfonamides is 1. The first-order valence-electron chi connectivity index (χ1n) is 8.37. The Hall–Kier alpha value is -2.30. The summed E-state index contributed by atoms with van der Waals surface area (Å²) in [6.45, 7) is 0.631. The standard InChI is InChI=1S/C18H17BrN4O3S2/c19-13-8-6-12(7-9-13)17(24)22-18(27)21-14-3-1-4-15(11-14)28(25,26)23-16-5-2-10-20-16/h1,3-4,6-9,11H,2,5,10H2,(H,20,23)(H2,21,22,24,27). The third kappa shape index (κ3) is 5.37. The molecule has 0 fully saturated rings. The van der Waals surface area contributed by atoms with Crippen molar-refractivity contribution in [2.45, 2.75) is 17.7 Å². The fourth-order valence-electron chi connectivity index (χ4n) is 2.52. The van der Waals surface area contributed by atoms with Crippen molar-refractivity contribution in [2.24, 2.45) is 4.99 Å². The largest absolute Gasteiger partial charge is 0.332 e. The predicted molar refractivity (Wildman–Crippen MR) is 116 cm³/mol. The number of nitrogens with one attached hydrogen (secondary N) is 3. The molecule has 0 atom stereocenters. The summed E-state index contributed by atoms with van der Waals surface area (Å²) >= 11 is 8.46. The van der Waals surface area contributed by atoms with E-state index < -0.39 is 10.0 Å². The molecule has 7 nitrogen and oxygen atoms in total. The van der Waals surface area contributed by atoms with E-state index in [0.29, 0.717) is 30.1 Å². The summed E-state index contributed by atoms with van der Waals surface area (Å²) in [5.41, 5.74) is 0.891. The maximum Gasteiger partial charge on any atom is 0.262 e. The van der Waals surface area contributed by atoms with Gasteiger partial charge in [-0.25, -0.2) is 8.42 Å². The van der Waals surface area contributed by atoms with Crippen LogP contribution in [0.5, 0.6) is 0 Å². The van der Waals surface area contributed by atoms with Gasteiger partial charge in [-0.1, -0.05) is 22.0 Å². The molecule has 28 heavy (non-hydrogen) atoms. The van der Waals surface area contributed by atoms with Crippen molar-refractivity contribution < 1.29 is 13.2 Å². The maximum atomic E-state index is 12.5. The number of amidine groups is 1. The number of nitrogens with zero attached hydrogens (tertiary/aromatic N) is 1. The first kappa shape index (κ1) is 20.4. The average Bonchev–Trinajstić information content (AvgIpc) is 3.14. The summed E-state index contributed by atoms with van der Waals surface area (Å²) in [5.74, 6) is 0.102. The number of hydrogen-bond acceptors (Lipinski definition) is 5. The number of carbonyl (C=O) groups is 1. The number of rotatable bonds is 4. The van der Waals surface area contributed by atoms with E-state index in [1.807, 2.05) is 0 Å². The Bertz CT molecular complexity index is 1040. The molecule has 2 aromatic rings. The second-order valence-electron chi connectivity index (χ2n) is 5.98. The minimum atomic E-state index is -3.73. The number of amides is 1. The molecule has 10 heteroatoms. The Morgan fingerprint density at radius 3 is 2.57 bits per heavy atom. The molecule has 3 rings (SSSR count). The van der Waals surface area contributed by atoms with E-state index in [1.165, 1.54) is 12.1 Å². The van der Waals surface area contributed by atoms with Crippen LogP contribution >= 0.6 is 28.1 Å². The van der Waals surface area contributed by atoms with E-state index in [2.05, 4.69) is 36.3 Å². The highest BCUT2D eigenvalue weighted by molar-refractivity contribution is 9.10. The minimum absolute atomic E-state index is 0.0654. The Labute approximate surface area is 176 Å². The predicted octanol–water partition coefficient (Wildman–Crippen LogP) is 3.05. The van der Waals surface area contributed by atoms with Gasteiger partial charge in [0.05, 0.1) is 4.90 Å². The lowest BCUT2D eigenvalue weighted by Gasteiger charge is -2.12. The SMILES string of the molecule is O=C(NC(=S)Nc1cccc(S(=O)(=O)NC2=NCCC2)c1)c1ccc(Br)cc1. The van der Waals surface area contributed by atoms with E-state index in [4.69, 9.17) is 12.2 Å². The van der Waals surface area contributed by atoms with E-state index >= 15 is 0 Å². The zero-order chi connectivity index (χ0) is 20.1. The van der Waals surface area contributed by atoms with Crippen molar-refractivity contribution in [1.82, 2.24) is 10.0 Å². The Balaban J connectivity index is 1.65. The number of aliphatic imine (C=N–C) groups is 1. The lowest BCUT2D eigenvalue weighted by atomic mass is 10.2. The molecule has 2 aromatic carbocycles. The molecule has 1 amide bonds. The number of thiocarbonyl (C=S) groups is 1. The number of carbonyl (C=O) groups excluding carboxylic acids is 1.